The first kappa shape index (κ1) is 15.8. The molecule has 2 aromatic rings. The first-order valence-corrected chi connectivity index (χ1v) is 9.18. The van der Waals surface area contributed by atoms with E-state index in [0.29, 0.717) is 16.7 Å². The van der Waals surface area contributed by atoms with E-state index in [2.05, 4.69) is 15.5 Å². The summed E-state index contributed by atoms with van der Waals surface area (Å²) in [6.45, 7) is 0.0168. The number of hydrogen-bond donors (Lipinski definition) is 1. The molecule has 3 fully saturated rings. The molecule has 7 nitrogen and oxygen atoms in total. The average molecular weight is 373 g/mol. The van der Waals surface area contributed by atoms with Gasteiger partial charge in [-0.05, 0) is 61.8 Å². The first-order chi connectivity index (χ1) is 12.6. The molecule has 2 saturated carbocycles. The summed E-state index contributed by atoms with van der Waals surface area (Å²) in [4.78, 5) is 31.1. The highest BCUT2D eigenvalue weighted by Crippen LogP contribution is 2.54. The van der Waals surface area contributed by atoms with Crippen LogP contribution in [0.4, 0.5) is 4.79 Å². The highest BCUT2D eigenvalue weighted by Gasteiger charge is 2.65. The van der Waals surface area contributed by atoms with Crippen LogP contribution in [0.15, 0.2) is 28.8 Å². The van der Waals surface area contributed by atoms with Gasteiger partial charge in [-0.25, -0.2) is 4.79 Å². The largest absolute Gasteiger partial charge is 0.334 e. The molecule has 1 aliphatic heterocycles. The standard InChI is InChI=1S/C18H17ClN4O3/c19-13-7-1-10(2-8-13)15-20-14(22-26-15)9-23-16(24)18(11-3-4-11,12-5-6-12)21-17(23)25/h1-2,7-8,11-12H,3-6,9H2,(H,21,25). The number of benzene rings is 1. The van der Waals surface area contributed by atoms with E-state index < -0.39 is 5.54 Å². The molecule has 2 aliphatic carbocycles. The SMILES string of the molecule is O=C1NC(C2CC2)(C2CC2)C(=O)N1Cc1noc(-c2ccc(Cl)cc2)n1. The lowest BCUT2D eigenvalue weighted by molar-refractivity contribution is -0.133. The van der Waals surface area contributed by atoms with Crippen molar-refractivity contribution in [2.24, 2.45) is 11.8 Å². The Morgan fingerprint density at radius 2 is 1.81 bits per heavy atom. The molecular weight excluding hydrogens is 356 g/mol. The molecule has 0 spiro atoms. The van der Waals surface area contributed by atoms with Crippen molar-refractivity contribution in [3.8, 4) is 11.5 Å². The van der Waals surface area contributed by atoms with Gasteiger partial charge >= 0.3 is 6.03 Å². The molecule has 0 atom stereocenters. The number of amides is 3. The highest BCUT2D eigenvalue weighted by molar-refractivity contribution is 6.30. The van der Waals surface area contributed by atoms with E-state index >= 15 is 0 Å². The lowest BCUT2D eigenvalue weighted by Gasteiger charge is -2.26. The van der Waals surface area contributed by atoms with Crippen molar-refractivity contribution in [1.29, 1.82) is 0 Å². The number of rotatable bonds is 5. The zero-order valence-corrected chi connectivity index (χ0v) is 14.7. The van der Waals surface area contributed by atoms with Gasteiger partial charge in [0.05, 0.1) is 6.54 Å². The minimum Gasteiger partial charge on any atom is -0.334 e. The van der Waals surface area contributed by atoms with Crippen LogP contribution in [0.25, 0.3) is 11.5 Å². The van der Waals surface area contributed by atoms with Crippen LogP contribution in [0.3, 0.4) is 0 Å². The van der Waals surface area contributed by atoms with Gasteiger partial charge in [-0.2, -0.15) is 4.98 Å². The molecule has 8 heteroatoms. The van der Waals surface area contributed by atoms with E-state index in [4.69, 9.17) is 16.1 Å². The van der Waals surface area contributed by atoms with Crippen LogP contribution in [0.5, 0.6) is 0 Å². The summed E-state index contributed by atoms with van der Waals surface area (Å²) >= 11 is 5.88. The van der Waals surface area contributed by atoms with E-state index in [0.717, 1.165) is 31.2 Å². The normalized spacial score (nSPS) is 22.0. The Bertz CT molecular complexity index is 874. The molecule has 2 heterocycles. The minimum absolute atomic E-state index is 0.0168. The second-order valence-electron chi connectivity index (χ2n) is 7.26. The highest BCUT2D eigenvalue weighted by atomic mass is 35.5. The number of nitrogens with one attached hydrogen (secondary N) is 1. The summed E-state index contributed by atoms with van der Waals surface area (Å²) < 4.78 is 5.27. The Morgan fingerprint density at radius 1 is 1.15 bits per heavy atom. The summed E-state index contributed by atoms with van der Waals surface area (Å²) in [5.74, 6) is 1.04. The Hall–Kier alpha value is -2.41. The summed E-state index contributed by atoms with van der Waals surface area (Å²) in [5, 5.41) is 7.53. The van der Waals surface area contributed by atoms with Gasteiger partial charge in [-0.15, -0.1) is 0 Å². The Kier molecular flexibility index (Phi) is 3.37. The molecule has 0 radical (unpaired) electrons. The van der Waals surface area contributed by atoms with E-state index in [9.17, 15) is 9.59 Å². The molecule has 0 bridgehead atoms. The van der Waals surface area contributed by atoms with Crippen LogP contribution in [0.1, 0.15) is 31.5 Å². The summed E-state index contributed by atoms with van der Waals surface area (Å²) in [7, 11) is 0. The van der Waals surface area contributed by atoms with Crippen LogP contribution in [0, 0.1) is 11.8 Å². The Balaban J connectivity index is 1.37. The average Bonchev–Trinajstić information content (AvgIpc) is 3.55. The second kappa shape index (κ2) is 5.54. The van der Waals surface area contributed by atoms with Gasteiger partial charge in [0, 0.05) is 10.6 Å². The van der Waals surface area contributed by atoms with Gasteiger partial charge in [0.25, 0.3) is 11.8 Å². The van der Waals surface area contributed by atoms with Gasteiger partial charge in [0.1, 0.15) is 5.54 Å². The number of halogens is 1. The second-order valence-corrected chi connectivity index (χ2v) is 7.70. The van der Waals surface area contributed by atoms with Crippen molar-refractivity contribution in [3.05, 3.63) is 35.1 Å². The van der Waals surface area contributed by atoms with E-state index in [1.165, 1.54) is 4.90 Å². The van der Waals surface area contributed by atoms with Gasteiger partial charge in [-0.1, -0.05) is 16.8 Å². The molecule has 0 unspecified atom stereocenters. The predicted molar refractivity (Wildman–Crippen MR) is 92.0 cm³/mol. The van der Waals surface area contributed by atoms with E-state index in [1.54, 1.807) is 24.3 Å². The molecule has 1 N–H and O–H groups in total. The van der Waals surface area contributed by atoms with Gasteiger partial charge < -0.3 is 9.84 Å². The fourth-order valence-electron chi connectivity index (χ4n) is 3.89. The monoisotopic (exact) mass is 372 g/mol. The summed E-state index contributed by atoms with van der Waals surface area (Å²) in [5.41, 5.74) is 0.0375. The zero-order chi connectivity index (χ0) is 17.9. The van der Waals surface area contributed by atoms with Gasteiger partial charge in [0.2, 0.25) is 0 Å². The van der Waals surface area contributed by atoms with Crippen molar-refractivity contribution in [3.63, 3.8) is 0 Å². The molecule has 134 valence electrons. The number of carbonyl (C=O) groups is 2. The maximum Gasteiger partial charge on any atom is 0.325 e. The fourth-order valence-corrected chi connectivity index (χ4v) is 4.02. The topological polar surface area (TPSA) is 88.3 Å². The molecule has 3 aliphatic rings. The quantitative estimate of drug-likeness (QED) is 0.815. The van der Waals surface area contributed by atoms with Crippen LogP contribution >= 0.6 is 11.6 Å². The summed E-state index contributed by atoms with van der Waals surface area (Å²) in [6, 6.07) is 6.67. The van der Waals surface area contributed by atoms with Crippen molar-refractivity contribution in [2.45, 2.75) is 37.8 Å². The zero-order valence-electron chi connectivity index (χ0n) is 13.9. The number of carbonyl (C=O) groups excluding carboxylic acids is 2. The number of aromatic nitrogens is 2. The van der Waals surface area contributed by atoms with Gasteiger partial charge in [0.15, 0.2) is 5.82 Å². The molecule has 5 rings (SSSR count). The van der Waals surface area contributed by atoms with Crippen molar-refractivity contribution >= 4 is 23.5 Å². The molecule has 26 heavy (non-hydrogen) atoms. The van der Waals surface area contributed by atoms with E-state index in [-0.39, 0.29) is 30.3 Å². The molecular formula is C18H17ClN4O3. The lowest BCUT2D eigenvalue weighted by atomic mass is 9.87. The number of urea groups is 1. The third-order valence-corrected chi connectivity index (χ3v) is 5.71. The van der Waals surface area contributed by atoms with Crippen LogP contribution < -0.4 is 5.32 Å². The third-order valence-electron chi connectivity index (χ3n) is 5.46. The van der Waals surface area contributed by atoms with Crippen molar-refractivity contribution in [2.75, 3.05) is 0 Å². The minimum atomic E-state index is -0.695. The first-order valence-electron chi connectivity index (χ1n) is 8.80. The van der Waals surface area contributed by atoms with Crippen molar-refractivity contribution in [1.82, 2.24) is 20.4 Å². The molecule has 3 amide bonds. The van der Waals surface area contributed by atoms with Gasteiger partial charge in [-0.3, -0.25) is 9.69 Å². The maximum atomic E-state index is 13.1. The lowest BCUT2D eigenvalue weighted by Crippen LogP contribution is -2.51. The number of nitrogens with zero attached hydrogens (tertiary/aromatic N) is 3. The van der Waals surface area contributed by atoms with Crippen LogP contribution in [-0.2, 0) is 11.3 Å². The molecule has 1 aromatic carbocycles. The molecule has 1 saturated heterocycles. The maximum absolute atomic E-state index is 13.1. The smallest absolute Gasteiger partial charge is 0.325 e. The Labute approximate surface area is 154 Å². The van der Waals surface area contributed by atoms with E-state index in [1.807, 2.05) is 0 Å². The predicted octanol–water partition coefficient (Wildman–Crippen LogP) is 3.00. The third kappa shape index (κ3) is 2.41. The summed E-state index contributed by atoms with van der Waals surface area (Å²) in [6.07, 6.45) is 4.00. The number of hydrogen-bond acceptors (Lipinski definition) is 5. The Morgan fingerprint density at radius 3 is 2.42 bits per heavy atom. The number of imide groups is 1. The molecule has 1 aromatic heterocycles. The van der Waals surface area contributed by atoms with Crippen LogP contribution in [0.2, 0.25) is 5.02 Å². The van der Waals surface area contributed by atoms with Crippen LogP contribution in [-0.4, -0.2) is 32.5 Å². The van der Waals surface area contributed by atoms with Crippen molar-refractivity contribution < 1.29 is 14.1 Å². The fraction of sp³-hybridized carbons (Fsp3) is 0.444.